The average molecular weight is 141 g/mol. The summed E-state index contributed by atoms with van der Waals surface area (Å²) >= 11 is 0. The van der Waals surface area contributed by atoms with E-state index in [1.807, 2.05) is 0 Å². The number of rotatable bonds is 2. The van der Waals surface area contributed by atoms with Gasteiger partial charge in [0, 0.05) is 0 Å². The topological polar surface area (TPSA) is 26.0 Å². The summed E-state index contributed by atoms with van der Waals surface area (Å²) in [5.41, 5.74) is 5.97. The van der Waals surface area contributed by atoms with Gasteiger partial charge in [-0.05, 0) is 25.5 Å². The van der Waals surface area contributed by atoms with Gasteiger partial charge in [-0.1, -0.05) is 12.7 Å². The smallest absolute Gasteiger partial charge is 0.145 e. The van der Waals surface area contributed by atoms with Crippen molar-refractivity contribution >= 4 is 0 Å². The Balaban J connectivity index is 4.50. The molecule has 0 rings (SSSR count). The van der Waals surface area contributed by atoms with E-state index < -0.39 is 5.83 Å². The first-order chi connectivity index (χ1) is 4.59. The molecule has 0 atom stereocenters. The summed E-state index contributed by atoms with van der Waals surface area (Å²) in [6.45, 7) is 6.89. The van der Waals surface area contributed by atoms with E-state index in [0.717, 1.165) is 0 Å². The predicted octanol–water partition coefficient (Wildman–Crippen LogP) is 2.28. The first-order valence-electron chi connectivity index (χ1n) is 3.03. The van der Waals surface area contributed by atoms with Gasteiger partial charge in [-0.15, -0.1) is 0 Å². The maximum absolute atomic E-state index is 12.7. The second kappa shape index (κ2) is 3.88. The molecule has 0 fully saturated rings. The van der Waals surface area contributed by atoms with E-state index in [0.29, 0.717) is 5.57 Å². The lowest BCUT2D eigenvalue weighted by molar-refractivity contribution is 0.654. The summed E-state index contributed by atoms with van der Waals surface area (Å²) in [5, 5.41) is 0. The molecule has 0 aliphatic rings. The Bertz CT molecular complexity index is 189. The zero-order valence-electron chi connectivity index (χ0n) is 6.32. The minimum absolute atomic E-state index is 0.123. The van der Waals surface area contributed by atoms with Gasteiger partial charge in [0.2, 0.25) is 0 Å². The molecular weight excluding hydrogens is 129 g/mol. The average Bonchev–Trinajstić information content (AvgIpc) is 1.87. The summed E-state index contributed by atoms with van der Waals surface area (Å²) in [6.07, 6.45) is 2.90. The lowest BCUT2D eigenvalue weighted by Crippen LogP contribution is -1.99. The highest BCUT2D eigenvalue weighted by Crippen LogP contribution is 2.08. The lowest BCUT2D eigenvalue weighted by atomic mass is 10.2. The van der Waals surface area contributed by atoms with E-state index in [9.17, 15) is 4.39 Å². The first kappa shape index (κ1) is 8.95. The van der Waals surface area contributed by atoms with Crippen LogP contribution in [0.2, 0.25) is 0 Å². The zero-order chi connectivity index (χ0) is 8.15. The van der Waals surface area contributed by atoms with Crippen LogP contribution in [0.5, 0.6) is 0 Å². The summed E-state index contributed by atoms with van der Waals surface area (Å²) < 4.78 is 12.7. The summed E-state index contributed by atoms with van der Waals surface area (Å²) in [6, 6.07) is 0. The van der Waals surface area contributed by atoms with Gasteiger partial charge in [-0.2, -0.15) is 0 Å². The van der Waals surface area contributed by atoms with Gasteiger partial charge in [0.15, 0.2) is 0 Å². The van der Waals surface area contributed by atoms with Crippen molar-refractivity contribution < 1.29 is 4.39 Å². The largest absolute Gasteiger partial charge is 0.396 e. The molecule has 56 valence electrons. The van der Waals surface area contributed by atoms with Crippen LogP contribution in [0.15, 0.2) is 35.8 Å². The molecule has 0 amide bonds. The van der Waals surface area contributed by atoms with Crippen molar-refractivity contribution in [3.63, 3.8) is 0 Å². The van der Waals surface area contributed by atoms with Gasteiger partial charge < -0.3 is 5.73 Å². The molecule has 0 aromatic carbocycles. The summed E-state index contributed by atoms with van der Waals surface area (Å²) in [5.74, 6) is -0.421. The Labute approximate surface area is 60.7 Å². The third kappa shape index (κ3) is 2.49. The van der Waals surface area contributed by atoms with Gasteiger partial charge in [-0.25, -0.2) is 4.39 Å². The van der Waals surface area contributed by atoms with Crippen molar-refractivity contribution in [2.24, 2.45) is 5.73 Å². The highest BCUT2D eigenvalue weighted by molar-refractivity contribution is 5.30. The molecule has 0 spiro atoms. The Kier molecular flexibility index (Phi) is 3.47. The van der Waals surface area contributed by atoms with Crippen molar-refractivity contribution in [3.05, 3.63) is 35.8 Å². The molecule has 0 unspecified atom stereocenters. The second-order valence-corrected chi connectivity index (χ2v) is 2.04. The monoisotopic (exact) mass is 141 g/mol. The van der Waals surface area contributed by atoms with Gasteiger partial charge in [-0.3, -0.25) is 0 Å². The van der Waals surface area contributed by atoms with Gasteiger partial charge in [0.05, 0.1) is 5.70 Å². The van der Waals surface area contributed by atoms with Gasteiger partial charge in [0.1, 0.15) is 5.83 Å². The molecule has 0 saturated heterocycles. The third-order valence-electron chi connectivity index (χ3n) is 1.03. The number of halogens is 1. The molecule has 2 heteroatoms. The number of allylic oxidation sites excluding steroid dienone is 4. The molecular formula is C8H12FN. The van der Waals surface area contributed by atoms with Crippen molar-refractivity contribution in [3.8, 4) is 0 Å². The molecule has 10 heavy (non-hydrogen) atoms. The molecule has 2 N–H and O–H groups in total. The van der Waals surface area contributed by atoms with Crippen LogP contribution in [0.3, 0.4) is 0 Å². The zero-order valence-corrected chi connectivity index (χ0v) is 6.32. The van der Waals surface area contributed by atoms with Crippen LogP contribution in [0, 0.1) is 0 Å². The van der Waals surface area contributed by atoms with Crippen LogP contribution in [0.1, 0.15) is 13.8 Å². The number of nitrogens with two attached hydrogens (primary N) is 1. The van der Waals surface area contributed by atoms with Gasteiger partial charge >= 0.3 is 0 Å². The fourth-order valence-electron chi connectivity index (χ4n) is 0.440. The molecule has 0 saturated carbocycles. The molecule has 0 radical (unpaired) electrons. The molecule has 1 nitrogen and oxygen atoms in total. The third-order valence-corrected chi connectivity index (χ3v) is 1.03. The van der Waals surface area contributed by atoms with Crippen molar-refractivity contribution in [2.45, 2.75) is 13.8 Å². The fraction of sp³-hybridized carbons (Fsp3) is 0.250. The van der Waals surface area contributed by atoms with E-state index in [2.05, 4.69) is 6.58 Å². The molecule has 0 bridgehead atoms. The molecule has 0 aromatic rings. The van der Waals surface area contributed by atoms with E-state index in [1.54, 1.807) is 19.9 Å². The predicted molar refractivity (Wildman–Crippen MR) is 41.9 cm³/mol. The van der Waals surface area contributed by atoms with Crippen LogP contribution < -0.4 is 5.73 Å². The molecule has 0 aliphatic heterocycles. The van der Waals surface area contributed by atoms with Crippen LogP contribution in [0.4, 0.5) is 4.39 Å². The SMILES string of the molecule is C=C(C)/C(N)=C(F)\C=C/C. The van der Waals surface area contributed by atoms with E-state index in [-0.39, 0.29) is 5.70 Å². The Hall–Kier alpha value is -1.05. The second-order valence-electron chi connectivity index (χ2n) is 2.04. The number of hydrogen-bond donors (Lipinski definition) is 1. The quantitative estimate of drug-likeness (QED) is 0.586. The summed E-state index contributed by atoms with van der Waals surface area (Å²) in [4.78, 5) is 0. The van der Waals surface area contributed by atoms with Crippen molar-refractivity contribution in [2.75, 3.05) is 0 Å². The van der Waals surface area contributed by atoms with Crippen molar-refractivity contribution in [1.82, 2.24) is 0 Å². The van der Waals surface area contributed by atoms with Crippen LogP contribution in [-0.4, -0.2) is 0 Å². The van der Waals surface area contributed by atoms with Crippen LogP contribution in [0.25, 0.3) is 0 Å². The van der Waals surface area contributed by atoms with Gasteiger partial charge in [0.25, 0.3) is 0 Å². The highest BCUT2D eigenvalue weighted by Gasteiger charge is 1.96. The highest BCUT2D eigenvalue weighted by atomic mass is 19.1. The molecule has 0 aliphatic carbocycles. The minimum Gasteiger partial charge on any atom is -0.396 e. The number of hydrogen-bond acceptors (Lipinski definition) is 1. The molecule has 0 aromatic heterocycles. The van der Waals surface area contributed by atoms with Crippen LogP contribution >= 0.6 is 0 Å². The minimum atomic E-state index is -0.421. The Morgan fingerprint density at radius 3 is 2.40 bits per heavy atom. The van der Waals surface area contributed by atoms with Crippen molar-refractivity contribution in [1.29, 1.82) is 0 Å². The standard InChI is InChI=1S/C8H12FN/c1-4-5-7(9)8(10)6(2)3/h4-5H,2,10H2,1,3H3/b5-4-,8-7-. The van der Waals surface area contributed by atoms with E-state index in [4.69, 9.17) is 5.73 Å². The summed E-state index contributed by atoms with van der Waals surface area (Å²) in [7, 11) is 0. The normalized spacial score (nSPS) is 13.5. The Morgan fingerprint density at radius 2 is 2.10 bits per heavy atom. The molecule has 0 heterocycles. The maximum atomic E-state index is 12.7. The first-order valence-corrected chi connectivity index (χ1v) is 3.03. The lowest BCUT2D eigenvalue weighted by Gasteiger charge is -1.97. The van der Waals surface area contributed by atoms with E-state index in [1.165, 1.54) is 6.08 Å². The Morgan fingerprint density at radius 1 is 1.60 bits per heavy atom. The van der Waals surface area contributed by atoms with E-state index >= 15 is 0 Å². The maximum Gasteiger partial charge on any atom is 0.145 e. The van der Waals surface area contributed by atoms with Crippen LogP contribution in [-0.2, 0) is 0 Å². The fourth-order valence-corrected chi connectivity index (χ4v) is 0.440.